The van der Waals surface area contributed by atoms with Crippen molar-refractivity contribution in [3.05, 3.63) is 190 Å². The van der Waals surface area contributed by atoms with Crippen LogP contribution in [0.4, 0.5) is 11.4 Å². The number of phenols is 1. The number of hydrogen-bond donors (Lipinski definition) is 1. The number of rotatable bonds is 17. The van der Waals surface area contributed by atoms with Crippen molar-refractivity contribution in [3.63, 3.8) is 0 Å². The number of halogens is 3. The van der Waals surface area contributed by atoms with Gasteiger partial charge in [-0.1, -0.05) is 124 Å². The molecule has 4 aliphatic rings. The molecule has 15 nitrogen and oxygen atoms in total. The summed E-state index contributed by atoms with van der Waals surface area (Å²) in [7, 11) is 0. The number of benzene rings is 6. The van der Waals surface area contributed by atoms with Crippen LogP contribution < -0.4 is 123 Å². The molecule has 422 valence electrons. The predicted octanol–water partition coefficient (Wildman–Crippen LogP) is 4.97. The monoisotopic (exact) mass is 1260 g/mol. The largest absolute Gasteiger partial charge is 1.00 e. The number of ether oxygens (including phenoxy) is 5. The molecule has 0 aliphatic carbocycles. The van der Waals surface area contributed by atoms with Crippen LogP contribution in [-0.2, 0) is 51.3 Å². The van der Waals surface area contributed by atoms with Gasteiger partial charge in [0, 0.05) is 66.1 Å². The van der Waals surface area contributed by atoms with Crippen LogP contribution >= 0.6 is 39.1 Å². The van der Waals surface area contributed by atoms with E-state index in [2.05, 4.69) is 54.9 Å². The average Bonchev–Trinajstić information content (AvgIpc) is 3.53. The van der Waals surface area contributed by atoms with Gasteiger partial charge in [0.05, 0.1) is 38.4 Å². The molecule has 20 heteroatoms. The second-order valence-corrected chi connectivity index (χ2v) is 20.7. The normalized spacial score (nSPS) is 19.1. The summed E-state index contributed by atoms with van der Waals surface area (Å²) < 4.78 is 27.9. The summed E-state index contributed by atoms with van der Waals surface area (Å²) in [6, 6.07) is 50.1. The molecule has 10 rings (SSSR count). The van der Waals surface area contributed by atoms with E-state index >= 15 is 0 Å². The van der Waals surface area contributed by atoms with Crippen LogP contribution in [0.5, 0.6) is 11.5 Å². The summed E-state index contributed by atoms with van der Waals surface area (Å²) in [6.45, 7) is 6.73. The molecule has 6 aromatic carbocycles. The van der Waals surface area contributed by atoms with Crippen molar-refractivity contribution in [1.82, 2.24) is 9.80 Å². The summed E-state index contributed by atoms with van der Waals surface area (Å²) in [5.41, 5.74) is 6.09. The fourth-order valence-electron chi connectivity index (χ4n) is 9.63. The van der Waals surface area contributed by atoms with E-state index in [4.69, 9.17) is 56.9 Å². The number of alkyl halides is 1. The number of phenolic OH excluding ortho intramolecular Hbond substituents is 1. The minimum atomic E-state index is -0.181. The Bertz CT molecular complexity index is 2730. The molecule has 81 heavy (non-hydrogen) atoms. The Balaban J connectivity index is 0.000000283. The first kappa shape index (κ1) is 69.2. The summed E-state index contributed by atoms with van der Waals surface area (Å²) in [5, 5.41) is 20.3. The van der Waals surface area contributed by atoms with Gasteiger partial charge in [-0.15, -0.1) is 0 Å². The molecule has 0 aromatic heterocycles. The maximum Gasteiger partial charge on any atom is 1.00 e. The quantitative estimate of drug-likeness (QED) is 0.0326. The van der Waals surface area contributed by atoms with E-state index in [1.54, 1.807) is 24.3 Å². The number of piperazine rings is 2. The van der Waals surface area contributed by atoms with E-state index in [0.29, 0.717) is 42.9 Å². The van der Waals surface area contributed by atoms with Crippen LogP contribution in [0, 0.1) is 0 Å². The molecule has 4 fully saturated rings. The van der Waals surface area contributed by atoms with Crippen LogP contribution in [0.3, 0.4) is 0 Å². The summed E-state index contributed by atoms with van der Waals surface area (Å²) in [6.07, 6.45) is 6.64. The van der Waals surface area contributed by atoms with Crippen LogP contribution in [0.15, 0.2) is 158 Å². The third kappa shape index (κ3) is 23.3. The fourth-order valence-corrected chi connectivity index (χ4v) is 10.1. The molecule has 2 unspecified atom stereocenters. The van der Waals surface area contributed by atoms with Crippen molar-refractivity contribution < 1.29 is 158 Å². The van der Waals surface area contributed by atoms with Gasteiger partial charge >= 0.3 is 103 Å². The van der Waals surface area contributed by atoms with Gasteiger partial charge in [0.2, 0.25) is 11.8 Å². The Labute approximate surface area is 580 Å². The average molecular weight is 1260 g/mol. The second kappa shape index (κ2) is 38.4. The molecule has 4 atom stereocenters. The maximum absolute atomic E-state index is 13.5. The maximum atomic E-state index is 13.5. The zero-order valence-corrected chi connectivity index (χ0v) is 55.4. The number of hydrogen-bond acceptors (Lipinski definition) is 13. The SMILES string of the molecule is BrCCOC1CCCCO1.O=C1CN(Cc2ccccc2)C[C@@H](c2ccc(Cl)cc2)N1c1ccc(O)cc1.O=C1CN(Cc2ccccc2)C[C@@H](c2ccc(Cl)cc2)N1c1ccc(OCCOC2CCCCO2)cc1.O=CO[O-].[H-].[K+].[K+]. The van der Waals surface area contributed by atoms with Crippen molar-refractivity contribution in [2.75, 3.05) is 74.3 Å². The molecule has 1 N–H and O–H groups in total. The van der Waals surface area contributed by atoms with Crippen molar-refractivity contribution >= 4 is 68.8 Å². The summed E-state index contributed by atoms with van der Waals surface area (Å²) in [4.78, 5) is 46.0. The Morgan fingerprint density at radius 2 is 1.01 bits per heavy atom. The Kier molecular flexibility index (Phi) is 32.8. The Morgan fingerprint density at radius 3 is 1.41 bits per heavy atom. The number of nitrogens with zero attached hydrogens (tertiary/aromatic N) is 4. The molecule has 0 saturated carbocycles. The number of aromatic hydroxyl groups is 1. The summed E-state index contributed by atoms with van der Waals surface area (Å²) >= 11 is 15.5. The second-order valence-electron chi connectivity index (χ2n) is 19.0. The van der Waals surface area contributed by atoms with Crippen molar-refractivity contribution in [1.29, 1.82) is 0 Å². The minimum absolute atomic E-state index is 0. The van der Waals surface area contributed by atoms with Gasteiger partial charge in [0.15, 0.2) is 12.6 Å². The first-order chi connectivity index (χ1) is 38.6. The number of carbonyl (C=O) groups is 3. The molecular formula is C61H69BrCl2K2N4O11. The van der Waals surface area contributed by atoms with Gasteiger partial charge in [0.1, 0.15) is 18.1 Å². The van der Waals surface area contributed by atoms with E-state index in [0.717, 1.165) is 98.7 Å². The third-order valence-corrected chi connectivity index (χ3v) is 14.2. The Morgan fingerprint density at radius 1 is 0.593 bits per heavy atom. The van der Waals surface area contributed by atoms with Gasteiger partial charge in [-0.2, -0.15) is 0 Å². The molecule has 4 heterocycles. The number of anilines is 2. The van der Waals surface area contributed by atoms with Gasteiger partial charge in [-0.25, -0.2) is 0 Å². The zero-order valence-electron chi connectivity index (χ0n) is 47.1. The zero-order chi connectivity index (χ0) is 55.6. The molecule has 4 aliphatic heterocycles. The molecule has 2 amide bonds. The first-order valence-corrected chi connectivity index (χ1v) is 28.4. The number of carbonyl (C=O) groups excluding carboxylic acids is 3. The van der Waals surface area contributed by atoms with E-state index in [-0.39, 0.29) is 153 Å². The topological polar surface area (TPSA) is 163 Å². The van der Waals surface area contributed by atoms with E-state index in [1.807, 2.05) is 119 Å². The van der Waals surface area contributed by atoms with Crippen molar-refractivity contribution in [3.8, 4) is 11.5 Å². The predicted molar refractivity (Wildman–Crippen MR) is 308 cm³/mol. The van der Waals surface area contributed by atoms with Crippen LogP contribution in [0.1, 0.15) is 74.3 Å². The standard InChI is InChI=1S/C30H33ClN2O4.C23H21ClN2O2.C7H13BrO2.CH2O3.2K.H/c31-25-11-9-24(10-12-25)28-21-32(20-23-6-2-1-3-7-23)22-29(34)33(28)26-13-15-27(16-14-26)35-18-19-37-30-8-4-5-17-36-30;24-19-8-6-18(7-9-19)22-15-25(14-17-4-2-1-3-5-17)16-23(28)26(22)20-10-12-21(27)13-11-20;8-4-6-10-7-3-1-2-5-9-7;2-1-4-3;;;/h1-3,6-7,9-16,28,30H,4-5,8,17-22H2;1-13,22,27H,14-16H2;7H,1-6H2;1,3H;;;/q;;;;2*+1;-1/p-1/t28-,30?;22-;;;;;/m00...../s1. The Hall–Kier alpha value is -2.62. The first-order valence-electron chi connectivity index (χ1n) is 26.5. The van der Waals surface area contributed by atoms with Gasteiger partial charge in [-0.05, 0) is 134 Å². The van der Waals surface area contributed by atoms with E-state index in [1.165, 1.54) is 24.0 Å². The van der Waals surface area contributed by atoms with E-state index in [9.17, 15) is 14.7 Å². The van der Waals surface area contributed by atoms with Gasteiger partial charge < -0.3 is 50.2 Å². The third-order valence-electron chi connectivity index (χ3n) is 13.3. The molecule has 0 bridgehead atoms. The van der Waals surface area contributed by atoms with Crippen molar-refractivity contribution in [2.24, 2.45) is 0 Å². The molecule has 6 aromatic rings. The summed E-state index contributed by atoms with van der Waals surface area (Å²) in [5.74, 6) is 1.03. The van der Waals surface area contributed by atoms with Crippen LogP contribution in [-0.4, -0.2) is 110 Å². The van der Waals surface area contributed by atoms with Crippen LogP contribution in [0.2, 0.25) is 10.0 Å². The van der Waals surface area contributed by atoms with Gasteiger partial charge in [-0.3, -0.25) is 24.2 Å². The minimum Gasteiger partial charge on any atom is -1.00 e. The fraction of sp³-hybridized carbons (Fsp3) is 0.361. The molecule has 0 radical (unpaired) electrons. The van der Waals surface area contributed by atoms with E-state index < -0.39 is 0 Å². The number of amides is 2. The molecule has 0 spiro atoms. The van der Waals surface area contributed by atoms with Crippen molar-refractivity contribution in [2.45, 2.75) is 76.3 Å². The van der Waals surface area contributed by atoms with Crippen LogP contribution in [0.25, 0.3) is 0 Å². The smallest absolute Gasteiger partial charge is 1.00 e. The van der Waals surface area contributed by atoms with Gasteiger partial charge in [0.25, 0.3) is 6.47 Å². The molecule has 4 saturated heterocycles. The molecular weight excluding hydrogens is 1190 g/mol.